The smallest absolute Gasteiger partial charge is 0.170 e. The third-order valence-electron chi connectivity index (χ3n) is 1.74. The van der Waals surface area contributed by atoms with Crippen molar-refractivity contribution >= 4 is 6.29 Å². The van der Waals surface area contributed by atoms with Crippen molar-refractivity contribution in [1.82, 2.24) is 9.97 Å². The summed E-state index contributed by atoms with van der Waals surface area (Å²) in [4.78, 5) is 17.8. The van der Waals surface area contributed by atoms with Gasteiger partial charge in [0, 0.05) is 11.1 Å². The van der Waals surface area contributed by atoms with Gasteiger partial charge in [-0.05, 0) is 6.92 Å². The van der Waals surface area contributed by atoms with Gasteiger partial charge in [0.1, 0.15) is 11.5 Å². The Bertz CT molecular complexity index is 294. The first kappa shape index (κ1) is 8.97. The summed E-state index contributed by atoms with van der Waals surface area (Å²) in [6.07, 6.45) is 0.779. The van der Waals surface area contributed by atoms with Gasteiger partial charge in [-0.1, -0.05) is 20.8 Å². The summed E-state index contributed by atoms with van der Waals surface area (Å²) in [6.45, 7) is 8.02. The molecule has 1 aromatic heterocycles. The molecule has 0 aliphatic heterocycles. The second-order valence-electron chi connectivity index (χ2n) is 3.96. The molecule has 0 fully saturated rings. The van der Waals surface area contributed by atoms with E-state index in [1.54, 1.807) is 0 Å². The number of imidazole rings is 1. The van der Waals surface area contributed by atoms with Gasteiger partial charge in [-0.25, -0.2) is 4.98 Å². The maximum Gasteiger partial charge on any atom is 0.170 e. The number of aryl methyl sites for hydroxylation is 1. The largest absolute Gasteiger partial charge is 0.345 e. The molecule has 0 radical (unpaired) electrons. The molecule has 1 heterocycles. The van der Waals surface area contributed by atoms with Crippen LogP contribution >= 0.6 is 0 Å². The standard InChI is InChI=1S/C9H14N2O/c1-6-7(5-12)11-8(10-6)9(2,3)4/h5H,1-4H3,(H,10,11). The number of nitrogens with zero attached hydrogens (tertiary/aromatic N) is 1. The zero-order valence-electron chi connectivity index (χ0n) is 7.93. The predicted octanol–water partition coefficient (Wildman–Crippen LogP) is 1.83. The normalized spacial score (nSPS) is 11.7. The summed E-state index contributed by atoms with van der Waals surface area (Å²) >= 11 is 0. The van der Waals surface area contributed by atoms with E-state index < -0.39 is 0 Å². The Labute approximate surface area is 72.2 Å². The van der Waals surface area contributed by atoms with Crippen molar-refractivity contribution in [3.8, 4) is 0 Å². The first-order valence-electron chi connectivity index (χ1n) is 3.97. The van der Waals surface area contributed by atoms with E-state index in [-0.39, 0.29) is 5.41 Å². The number of rotatable bonds is 1. The number of nitrogens with one attached hydrogen (secondary N) is 1. The van der Waals surface area contributed by atoms with E-state index in [4.69, 9.17) is 0 Å². The molecule has 0 spiro atoms. The van der Waals surface area contributed by atoms with E-state index in [2.05, 4.69) is 30.7 Å². The van der Waals surface area contributed by atoms with Crippen molar-refractivity contribution in [1.29, 1.82) is 0 Å². The second kappa shape index (κ2) is 2.73. The second-order valence-corrected chi connectivity index (χ2v) is 3.96. The molecule has 0 amide bonds. The predicted molar refractivity (Wildman–Crippen MR) is 47.4 cm³/mol. The molecule has 12 heavy (non-hydrogen) atoms. The van der Waals surface area contributed by atoms with E-state index in [0.717, 1.165) is 17.8 Å². The summed E-state index contributed by atoms with van der Waals surface area (Å²) in [5.41, 5.74) is 1.33. The number of carbonyl (C=O) groups is 1. The van der Waals surface area contributed by atoms with Crippen molar-refractivity contribution < 1.29 is 4.79 Å². The number of aromatic nitrogens is 2. The molecule has 0 atom stereocenters. The minimum Gasteiger partial charge on any atom is -0.345 e. The summed E-state index contributed by atoms with van der Waals surface area (Å²) in [7, 11) is 0. The van der Waals surface area contributed by atoms with Gasteiger partial charge < -0.3 is 4.98 Å². The summed E-state index contributed by atoms with van der Waals surface area (Å²) in [6, 6.07) is 0. The fraction of sp³-hybridized carbons (Fsp3) is 0.556. The molecule has 3 nitrogen and oxygen atoms in total. The highest BCUT2D eigenvalue weighted by Crippen LogP contribution is 2.19. The molecular formula is C9H14N2O. The van der Waals surface area contributed by atoms with Crippen LogP contribution in [0.1, 0.15) is 42.8 Å². The highest BCUT2D eigenvalue weighted by Gasteiger charge is 2.18. The van der Waals surface area contributed by atoms with Crippen molar-refractivity contribution in [2.45, 2.75) is 33.1 Å². The summed E-state index contributed by atoms with van der Waals surface area (Å²) < 4.78 is 0. The Hall–Kier alpha value is -1.12. The Morgan fingerprint density at radius 1 is 1.42 bits per heavy atom. The van der Waals surface area contributed by atoms with Gasteiger partial charge in [0.15, 0.2) is 6.29 Å². The maximum absolute atomic E-state index is 10.5. The van der Waals surface area contributed by atoms with E-state index in [9.17, 15) is 4.79 Å². The molecule has 1 aromatic rings. The van der Waals surface area contributed by atoms with Crippen LogP contribution in [-0.2, 0) is 5.41 Å². The van der Waals surface area contributed by atoms with Gasteiger partial charge in [0.25, 0.3) is 0 Å². The van der Waals surface area contributed by atoms with Gasteiger partial charge in [0.2, 0.25) is 0 Å². The minimum absolute atomic E-state index is 0.0218. The van der Waals surface area contributed by atoms with Gasteiger partial charge in [-0.2, -0.15) is 0 Å². The lowest BCUT2D eigenvalue weighted by molar-refractivity contribution is 0.111. The molecule has 0 bridgehead atoms. The average Bonchev–Trinajstić information content (AvgIpc) is 2.29. The van der Waals surface area contributed by atoms with Crippen LogP contribution in [0.3, 0.4) is 0 Å². The Kier molecular flexibility index (Phi) is 2.04. The van der Waals surface area contributed by atoms with E-state index in [0.29, 0.717) is 5.69 Å². The zero-order chi connectivity index (χ0) is 9.35. The molecular weight excluding hydrogens is 152 g/mol. The molecule has 0 aliphatic rings. The van der Waals surface area contributed by atoms with Crippen LogP contribution in [0.4, 0.5) is 0 Å². The Balaban J connectivity index is 3.13. The number of H-pyrrole nitrogens is 1. The van der Waals surface area contributed by atoms with Gasteiger partial charge >= 0.3 is 0 Å². The van der Waals surface area contributed by atoms with Crippen molar-refractivity contribution in [2.75, 3.05) is 0 Å². The number of carbonyl (C=O) groups excluding carboxylic acids is 1. The molecule has 0 saturated heterocycles. The third-order valence-corrected chi connectivity index (χ3v) is 1.74. The zero-order valence-corrected chi connectivity index (χ0v) is 7.93. The van der Waals surface area contributed by atoms with Crippen LogP contribution in [0.5, 0.6) is 0 Å². The molecule has 0 saturated carbocycles. The number of aromatic amines is 1. The number of aldehydes is 1. The van der Waals surface area contributed by atoms with E-state index in [1.165, 1.54) is 0 Å². The summed E-state index contributed by atoms with van der Waals surface area (Å²) in [5, 5.41) is 0. The molecule has 1 rings (SSSR count). The molecule has 0 aliphatic carbocycles. The van der Waals surface area contributed by atoms with Crippen LogP contribution in [0.15, 0.2) is 0 Å². The lowest BCUT2D eigenvalue weighted by atomic mass is 9.96. The quantitative estimate of drug-likeness (QED) is 0.647. The lowest BCUT2D eigenvalue weighted by Crippen LogP contribution is -2.13. The van der Waals surface area contributed by atoms with Crippen LogP contribution in [-0.4, -0.2) is 16.3 Å². The van der Waals surface area contributed by atoms with Crippen LogP contribution < -0.4 is 0 Å². The summed E-state index contributed by atoms with van der Waals surface area (Å²) in [5.74, 6) is 0.863. The SMILES string of the molecule is Cc1[nH]c(C(C)(C)C)nc1C=O. The van der Waals surface area contributed by atoms with Crippen molar-refractivity contribution in [3.05, 3.63) is 17.2 Å². The fourth-order valence-corrected chi connectivity index (χ4v) is 0.944. The topological polar surface area (TPSA) is 45.8 Å². The number of hydrogen-bond acceptors (Lipinski definition) is 2. The van der Waals surface area contributed by atoms with Crippen LogP contribution in [0.2, 0.25) is 0 Å². The lowest BCUT2D eigenvalue weighted by Gasteiger charge is -2.13. The fourth-order valence-electron chi connectivity index (χ4n) is 0.944. The third kappa shape index (κ3) is 1.55. The number of hydrogen-bond donors (Lipinski definition) is 1. The van der Waals surface area contributed by atoms with Gasteiger partial charge in [0.05, 0.1) is 0 Å². The van der Waals surface area contributed by atoms with Crippen LogP contribution in [0, 0.1) is 6.92 Å². The molecule has 66 valence electrons. The van der Waals surface area contributed by atoms with Crippen molar-refractivity contribution in [3.63, 3.8) is 0 Å². The van der Waals surface area contributed by atoms with Gasteiger partial charge in [-0.15, -0.1) is 0 Å². The highest BCUT2D eigenvalue weighted by atomic mass is 16.1. The van der Waals surface area contributed by atoms with E-state index >= 15 is 0 Å². The molecule has 0 aromatic carbocycles. The Morgan fingerprint density at radius 2 is 2.00 bits per heavy atom. The molecule has 0 unspecified atom stereocenters. The molecule has 3 heteroatoms. The Morgan fingerprint density at radius 3 is 2.25 bits per heavy atom. The van der Waals surface area contributed by atoms with Crippen molar-refractivity contribution in [2.24, 2.45) is 0 Å². The van der Waals surface area contributed by atoms with E-state index in [1.807, 2.05) is 6.92 Å². The maximum atomic E-state index is 10.5. The van der Waals surface area contributed by atoms with Crippen LogP contribution in [0.25, 0.3) is 0 Å². The highest BCUT2D eigenvalue weighted by molar-refractivity contribution is 5.73. The average molecular weight is 166 g/mol. The minimum atomic E-state index is -0.0218. The monoisotopic (exact) mass is 166 g/mol. The van der Waals surface area contributed by atoms with Gasteiger partial charge in [-0.3, -0.25) is 4.79 Å². The molecule has 1 N–H and O–H groups in total. The first-order valence-corrected chi connectivity index (χ1v) is 3.97. The first-order chi connectivity index (χ1) is 5.45.